The van der Waals surface area contributed by atoms with Crippen molar-refractivity contribution in [3.63, 3.8) is 0 Å². The molecule has 2 aromatic heterocycles. The second-order valence-corrected chi connectivity index (χ2v) is 4.56. The van der Waals surface area contributed by atoms with E-state index in [1.54, 1.807) is 24.4 Å². The minimum atomic E-state index is -0.462. The van der Waals surface area contributed by atoms with Gasteiger partial charge in [-0.25, -0.2) is 4.98 Å². The summed E-state index contributed by atoms with van der Waals surface area (Å²) in [5.74, 6) is -0.564. The number of carbonyl (C=O) groups excluding carboxylic acids is 1. The number of nitrogens with zero attached hydrogens (tertiary/aromatic N) is 2. The molecule has 1 aromatic carbocycles. The highest BCUT2D eigenvalue weighted by atomic mass is 35.5. The number of benzene rings is 1. The molecule has 0 saturated heterocycles. The van der Waals surface area contributed by atoms with Crippen molar-refractivity contribution < 1.29 is 9.90 Å². The Morgan fingerprint density at radius 1 is 1.40 bits per heavy atom. The van der Waals surface area contributed by atoms with Gasteiger partial charge in [0, 0.05) is 33.8 Å². The summed E-state index contributed by atoms with van der Waals surface area (Å²) in [5, 5.41) is 17.4. The molecule has 3 aromatic rings. The van der Waals surface area contributed by atoms with E-state index in [2.05, 4.69) is 20.2 Å². The van der Waals surface area contributed by atoms with Gasteiger partial charge in [-0.1, -0.05) is 11.6 Å². The van der Waals surface area contributed by atoms with Gasteiger partial charge >= 0.3 is 0 Å². The lowest BCUT2D eigenvalue weighted by Gasteiger charge is -1.98. The first-order chi connectivity index (χ1) is 9.65. The Bertz CT molecular complexity index is 805. The maximum absolute atomic E-state index is 11.8. The van der Waals surface area contributed by atoms with Crippen molar-refractivity contribution in [1.82, 2.24) is 20.2 Å². The largest absolute Gasteiger partial charge is 0.507 e. The molecule has 0 spiro atoms. The van der Waals surface area contributed by atoms with Crippen LogP contribution in [0.15, 0.2) is 36.8 Å². The Kier molecular flexibility index (Phi) is 3.00. The molecule has 0 aliphatic carbocycles. The van der Waals surface area contributed by atoms with Crippen LogP contribution in [0.5, 0.6) is 0 Å². The van der Waals surface area contributed by atoms with E-state index < -0.39 is 5.78 Å². The standard InChI is InChI=1S/C13H9ClN4O2/c14-7-1-2-10-8(3-7)9(5-15-10)11(19)4-12(20)13-16-6-17-18-13/h1-6,15,19H,(H,16,17,18)/b11-4-. The molecule has 20 heavy (non-hydrogen) atoms. The summed E-state index contributed by atoms with van der Waals surface area (Å²) in [7, 11) is 0. The van der Waals surface area contributed by atoms with E-state index in [4.69, 9.17) is 11.6 Å². The van der Waals surface area contributed by atoms with Gasteiger partial charge in [0.2, 0.25) is 5.78 Å². The van der Waals surface area contributed by atoms with Crippen molar-refractivity contribution in [3.05, 3.63) is 53.2 Å². The van der Waals surface area contributed by atoms with E-state index in [1.165, 1.54) is 6.33 Å². The fourth-order valence-corrected chi connectivity index (χ4v) is 2.07. The molecule has 0 bridgehead atoms. The average molecular weight is 289 g/mol. The van der Waals surface area contributed by atoms with Crippen LogP contribution in [0.3, 0.4) is 0 Å². The van der Waals surface area contributed by atoms with Crippen LogP contribution in [0.1, 0.15) is 16.2 Å². The van der Waals surface area contributed by atoms with Gasteiger partial charge in [-0.2, -0.15) is 5.10 Å². The van der Waals surface area contributed by atoms with E-state index in [0.717, 1.165) is 17.0 Å². The number of nitrogens with one attached hydrogen (secondary N) is 2. The molecular weight excluding hydrogens is 280 g/mol. The number of rotatable bonds is 3. The molecule has 0 aliphatic rings. The summed E-state index contributed by atoms with van der Waals surface area (Å²) >= 11 is 5.93. The van der Waals surface area contributed by atoms with Crippen LogP contribution >= 0.6 is 11.6 Å². The molecule has 0 unspecified atom stereocenters. The van der Waals surface area contributed by atoms with Crippen molar-refractivity contribution in [3.8, 4) is 0 Å². The van der Waals surface area contributed by atoms with Gasteiger partial charge in [0.15, 0.2) is 5.82 Å². The summed E-state index contributed by atoms with van der Waals surface area (Å²) in [6, 6.07) is 5.25. The lowest BCUT2D eigenvalue weighted by molar-refractivity contribution is 0.103. The van der Waals surface area contributed by atoms with Gasteiger partial charge < -0.3 is 10.1 Å². The average Bonchev–Trinajstić information content (AvgIpc) is 3.07. The van der Waals surface area contributed by atoms with E-state index in [9.17, 15) is 9.90 Å². The first kappa shape index (κ1) is 12.4. The minimum Gasteiger partial charge on any atom is -0.507 e. The number of aliphatic hydroxyl groups is 1. The Morgan fingerprint density at radius 2 is 2.25 bits per heavy atom. The Labute approximate surface area is 118 Å². The summed E-state index contributed by atoms with van der Waals surface area (Å²) in [5.41, 5.74) is 1.31. The Hall–Kier alpha value is -2.60. The quantitative estimate of drug-likeness (QED) is 0.392. The number of aromatic amines is 2. The van der Waals surface area contributed by atoms with Gasteiger partial charge in [0.1, 0.15) is 12.1 Å². The van der Waals surface area contributed by atoms with Crippen LogP contribution in [0.2, 0.25) is 5.02 Å². The highest BCUT2D eigenvalue weighted by molar-refractivity contribution is 6.31. The lowest BCUT2D eigenvalue weighted by Crippen LogP contribution is -1.99. The zero-order valence-electron chi connectivity index (χ0n) is 10.1. The molecule has 0 aliphatic heterocycles. The van der Waals surface area contributed by atoms with Crippen LogP contribution in [0.25, 0.3) is 16.7 Å². The molecule has 0 radical (unpaired) electrons. The highest BCUT2D eigenvalue weighted by Gasteiger charge is 2.12. The zero-order chi connectivity index (χ0) is 14.1. The topological polar surface area (TPSA) is 94.7 Å². The first-order valence-electron chi connectivity index (χ1n) is 5.72. The number of carbonyl (C=O) groups is 1. The lowest BCUT2D eigenvalue weighted by atomic mass is 10.1. The van der Waals surface area contributed by atoms with E-state index in [-0.39, 0.29) is 11.6 Å². The fourth-order valence-electron chi connectivity index (χ4n) is 1.90. The number of fused-ring (bicyclic) bond motifs is 1. The number of allylic oxidation sites excluding steroid dienone is 1. The fraction of sp³-hybridized carbons (Fsp3) is 0. The van der Waals surface area contributed by atoms with Gasteiger partial charge in [-0.05, 0) is 18.2 Å². The highest BCUT2D eigenvalue weighted by Crippen LogP contribution is 2.26. The monoisotopic (exact) mass is 288 g/mol. The number of halogens is 1. The Morgan fingerprint density at radius 3 is 3.00 bits per heavy atom. The normalized spacial score (nSPS) is 11.9. The molecule has 0 amide bonds. The molecular formula is C13H9ClN4O2. The van der Waals surface area contributed by atoms with Crippen molar-refractivity contribution in [2.24, 2.45) is 0 Å². The van der Waals surface area contributed by atoms with Crippen LogP contribution in [-0.2, 0) is 0 Å². The third kappa shape index (κ3) is 2.17. The van der Waals surface area contributed by atoms with Crippen molar-refractivity contribution >= 4 is 34.0 Å². The second-order valence-electron chi connectivity index (χ2n) is 4.12. The summed E-state index contributed by atoms with van der Waals surface area (Å²) in [6.07, 6.45) is 3.92. The van der Waals surface area contributed by atoms with Crippen molar-refractivity contribution in [1.29, 1.82) is 0 Å². The SMILES string of the molecule is O=C(/C=C(\O)c1c[nH]c2ccc(Cl)cc12)c1ncn[nH]1. The summed E-state index contributed by atoms with van der Waals surface area (Å²) < 4.78 is 0. The number of H-pyrrole nitrogens is 2. The van der Waals surface area contributed by atoms with Gasteiger partial charge in [-0.15, -0.1) is 0 Å². The number of aromatic nitrogens is 4. The van der Waals surface area contributed by atoms with Crippen molar-refractivity contribution in [2.45, 2.75) is 0 Å². The van der Waals surface area contributed by atoms with Gasteiger partial charge in [-0.3, -0.25) is 9.89 Å². The van der Waals surface area contributed by atoms with E-state index in [0.29, 0.717) is 10.6 Å². The maximum Gasteiger partial charge on any atom is 0.226 e. The summed E-state index contributed by atoms with van der Waals surface area (Å²) in [4.78, 5) is 18.5. The van der Waals surface area contributed by atoms with Crippen molar-refractivity contribution in [2.75, 3.05) is 0 Å². The molecule has 3 N–H and O–H groups in total. The second kappa shape index (κ2) is 4.82. The number of hydrogen-bond acceptors (Lipinski definition) is 4. The minimum absolute atomic E-state index is 0.0643. The third-order valence-electron chi connectivity index (χ3n) is 2.84. The zero-order valence-corrected chi connectivity index (χ0v) is 10.8. The smallest absolute Gasteiger partial charge is 0.226 e. The molecule has 0 fully saturated rings. The van der Waals surface area contributed by atoms with Crippen LogP contribution in [-0.4, -0.2) is 31.1 Å². The molecule has 0 atom stereocenters. The van der Waals surface area contributed by atoms with Crippen LogP contribution in [0.4, 0.5) is 0 Å². The molecule has 2 heterocycles. The maximum atomic E-state index is 11.8. The van der Waals surface area contributed by atoms with Gasteiger partial charge in [0.05, 0.1) is 0 Å². The molecule has 6 nitrogen and oxygen atoms in total. The molecule has 7 heteroatoms. The van der Waals surface area contributed by atoms with Crippen LogP contribution < -0.4 is 0 Å². The molecule has 3 rings (SSSR count). The van der Waals surface area contributed by atoms with E-state index >= 15 is 0 Å². The van der Waals surface area contributed by atoms with E-state index in [1.807, 2.05) is 0 Å². The van der Waals surface area contributed by atoms with Crippen LogP contribution in [0, 0.1) is 0 Å². The number of hydrogen-bond donors (Lipinski definition) is 3. The first-order valence-corrected chi connectivity index (χ1v) is 6.10. The van der Waals surface area contributed by atoms with Gasteiger partial charge in [0.25, 0.3) is 0 Å². The Balaban J connectivity index is 2.02. The number of ketones is 1. The third-order valence-corrected chi connectivity index (χ3v) is 3.07. The molecule has 0 saturated carbocycles. The predicted molar refractivity (Wildman–Crippen MR) is 74.6 cm³/mol. The molecule has 100 valence electrons. The number of aliphatic hydroxyl groups excluding tert-OH is 1. The predicted octanol–water partition coefficient (Wildman–Crippen LogP) is 2.72. The summed E-state index contributed by atoms with van der Waals surface area (Å²) in [6.45, 7) is 0.